The number of rotatable bonds is 6. The first-order valence-electron chi connectivity index (χ1n) is 13.1. The van der Waals surface area contributed by atoms with Gasteiger partial charge in [-0.25, -0.2) is 23.2 Å². The van der Waals surface area contributed by atoms with Crippen molar-refractivity contribution < 1.29 is 49.5 Å². The van der Waals surface area contributed by atoms with E-state index in [0.717, 1.165) is 27.9 Å². The molecule has 4 N–H and O–H groups in total. The summed E-state index contributed by atoms with van der Waals surface area (Å²) < 4.78 is 99.0. The van der Waals surface area contributed by atoms with E-state index in [1.807, 2.05) is 29.0 Å². The Balaban J connectivity index is 0.000000537. The number of carbonyl (C=O) groups is 2. The zero-order valence-corrected chi connectivity index (χ0v) is 24.6. The van der Waals surface area contributed by atoms with Crippen molar-refractivity contribution in [3.8, 4) is 0 Å². The van der Waals surface area contributed by atoms with Crippen molar-refractivity contribution in [3.05, 3.63) is 89.2 Å². The van der Waals surface area contributed by atoms with Gasteiger partial charge in [0.2, 0.25) is 15.9 Å². The molecule has 3 heterocycles. The van der Waals surface area contributed by atoms with Crippen molar-refractivity contribution in [1.29, 1.82) is 0 Å². The average molecular weight is 686 g/mol. The number of carboxylic acid groups (broad SMARTS) is 1. The van der Waals surface area contributed by atoms with Crippen LogP contribution in [0.4, 0.5) is 31.5 Å². The van der Waals surface area contributed by atoms with Gasteiger partial charge in [-0.1, -0.05) is 47.7 Å². The Bertz CT molecular complexity index is 1990. The van der Waals surface area contributed by atoms with Crippen molar-refractivity contribution in [3.63, 3.8) is 0 Å². The van der Waals surface area contributed by atoms with Gasteiger partial charge >= 0.3 is 18.3 Å². The number of thiazole rings is 1. The zero-order valence-electron chi connectivity index (χ0n) is 23.0. The maximum Gasteiger partial charge on any atom is 0.490 e. The summed E-state index contributed by atoms with van der Waals surface area (Å²) in [6, 6.07) is 17.4. The number of fused-ring (bicyclic) bond motifs is 2. The Hall–Kier alpha value is -4.71. The SMILES string of the molecule is O=C(O)C(F)(F)F.O=C1C[C@@H](c2ccc(C[C@H](Nc3nc4ccccc4s3)c3nc4ccc(C(F)(F)F)cc4[nH]3)cc2)S(=O)(=O)N1. The number of H-pyrrole nitrogens is 1. The van der Waals surface area contributed by atoms with Crippen LogP contribution in [-0.4, -0.2) is 46.5 Å². The number of imidazole rings is 1. The van der Waals surface area contributed by atoms with Gasteiger partial charge in [-0.2, -0.15) is 26.3 Å². The number of amides is 1. The third-order valence-electron chi connectivity index (χ3n) is 6.78. The fraction of sp³-hybridized carbons (Fsp3) is 0.214. The molecule has 1 aliphatic heterocycles. The molecule has 18 heteroatoms. The van der Waals surface area contributed by atoms with Crippen LogP contribution in [0.2, 0.25) is 0 Å². The maximum atomic E-state index is 13.3. The Morgan fingerprint density at radius 2 is 1.67 bits per heavy atom. The number of sulfonamides is 1. The molecule has 0 radical (unpaired) electrons. The molecule has 242 valence electrons. The molecule has 0 spiro atoms. The second-order valence-corrected chi connectivity index (χ2v) is 12.9. The lowest BCUT2D eigenvalue weighted by Gasteiger charge is -2.17. The second kappa shape index (κ2) is 12.2. The summed E-state index contributed by atoms with van der Waals surface area (Å²) in [5, 5.41) is 10.2. The van der Waals surface area contributed by atoms with Gasteiger partial charge in [-0.3, -0.25) is 9.52 Å². The molecule has 1 aliphatic rings. The second-order valence-electron chi connectivity index (χ2n) is 10.0. The van der Waals surface area contributed by atoms with E-state index >= 15 is 0 Å². The quantitative estimate of drug-likeness (QED) is 0.156. The number of halogens is 6. The van der Waals surface area contributed by atoms with Gasteiger partial charge in [0.25, 0.3) is 0 Å². The van der Waals surface area contributed by atoms with Crippen LogP contribution in [0.3, 0.4) is 0 Å². The predicted molar refractivity (Wildman–Crippen MR) is 155 cm³/mol. The molecular weight excluding hydrogens is 664 g/mol. The van der Waals surface area contributed by atoms with E-state index in [0.29, 0.717) is 28.5 Å². The molecule has 5 aromatic rings. The Labute approximate surface area is 259 Å². The van der Waals surface area contributed by atoms with Gasteiger partial charge in [-0.05, 0) is 47.9 Å². The highest BCUT2D eigenvalue weighted by Gasteiger charge is 2.39. The summed E-state index contributed by atoms with van der Waals surface area (Å²) in [6.07, 6.45) is -9.33. The van der Waals surface area contributed by atoms with Crippen LogP contribution in [-0.2, 0) is 32.2 Å². The average Bonchev–Trinajstić information content (AvgIpc) is 3.65. The molecule has 0 aliphatic carbocycles. The molecule has 0 bridgehead atoms. The number of nitrogens with one attached hydrogen (secondary N) is 3. The van der Waals surface area contributed by atoms with Crippen LogP contribution >= 0.6 is 11.3 Å². The molecule has 10 nitrogen and oxygen atoms in total. The van der Waals surface area contributed by atoms with Crippen molar-refractivity contribution in [2.45, 2.75) is 36.5 Å². The van der Waals surface area contributed by atoms with Gasteiger partial charge in [0.15, 0.2) is 5.13 Å². The predicted octanol–water partition coefficient (Wildman–Crippen LogP) is 6.11. The van der Waals surface area contributed by atoms with Crippen LogP contribution in [0.15, 0.2) is 66.7 Å². The minimum Gasteiger partial charge on any atom is -0.475 e. The third kappa shape index (κ3) is 7.39. The maximum absolute atomic E-state index is 13.3. The summed E-state index contributed by atoms with van der Waals surface area (Å²) in [5.74, 6) is -2.86. The first-order chi connectivity index (χ1) is 21.5. The number of aromatic amines is 1. The minimum absolute atomic E-state index is 0.137. The summed E-state index contributed by atoms with van der Waals surface area (Å²) in [5.41, 5.74) is 2.02. The monoisotopic (exact) mass is 685 g/mol. The largest absolute Gasteiger partial charge is 0.490 e. The standard InChI is InChI=1S/C26H20F3N5O3S2.C2HF3O2/c27-26(28,29)16-9-10-17-19(12-16)31-24(30-17)20(33-25-32-18-3-1-2-4-21(18)38-25)11-14-5-7-15(8-6-14)22-13-23(35)34-39(22,36)37;3-2(4,5)1(6)7/h1-10,12,20,22H,11,13H2,(H,30,31)(H,32,33)(H,34,35);(H,6,7)/t20-,22-;/m0./s1. The molecule has 1 fully saturated rings. The molecule has 2 atom stereocenters. The van der Waals surface area contributed by atoms with Gasteiger partial charge < -0.3 is 15.4 Å². The highest BCUT2D eigenvalue weighted by atomic mass is 32.2. The first-order valence-corrected chi connectivity index (χ1v) is 15.5. The van der Waals surface area contributed by atoms with E-state index in [1.165, 1.54) is 17.4 Å². The Morgan fingerprint density at radius 3 is 2.26 bits per heavy atom. The fourth-order valence-electron chi connectivity index (χ4n) is 4.62. The number of carbonyl (C=O) groups excluding carboxylic acids is 1. The van der Waals surface area contributed by atoms with Crippen molar-refractivity contribution in [1.82, 2.24) is 19.7 Å². The highest BCUT2D eigenvalue weighted by Crippen LogP contribution is 2.34. The van der Waals surface area contributed by atoms with E-state index < -0.39 is 51.1 Å². The van der Waals surface area contributed by atoms with Crippen molar-refractivity contribution >= 4 is 59.6 Å². The van der Waals surface area contributed by atoms with E-state index in [4.69, 9.17) is 9.90 Å². The molecule has 0 unspecified atom stereocenters. The van der Waals surface area contributed by atoms with Crippen LogP contribution in [0, 0.1) is 0 Å². The van der Waals surface area contributed by atoms with Crippen LogP contribution in [0.25, 0.3) is 21.3 Å². The third-order valence-corrected chi connectivity index (χ3v) is 9.45. The number of benzene rings is 3. The summed E-state index contributed by atoms with van der Waals surface area (Å²) in [6.45, 7) is 0. The molecule has 2 aromatic heterocycles. The van der Waals surface area contributed by atoms with E-state index in [2.05, 4.69) is 20.3 Å². The van der Waals surface area contributed by atoms with E-state index in [1.54, 1.807) is 24.3 Å². The highest BCUT2D eigenvalue weighted by molar-refractivity contribution is 7.90. The molecule has 46 heavy (non-hydrogen) atoms. The molecule has 1 amide bonds. The Morgan fingerprint density at radius 1 is 1.00 bits per heavy atom. The number of nitrogens with zero attached hydrogens (tertiary/aromatic N) is 2. The summed E-state index contributed by atoms with van der Waals surface area (Å²) >= 11 is 1.44. The van der Waals surface area contributed by atoms with Gasteiger partial charge in [0, 0.05) is 0 Å². The molecular formula is C28H21F6N5O5S2. The van der Waals surface area contributed by atoms with E-state index in [-0.39, 0.29) is 11.9 Å². The van der Waals surface area contributed by atoms with Crippen molar-refractivity contribution in [2.24, 2.45) is 0 Å². The van der Waals surface area contributed by atoms with Crippen molar-refractivity contribution in [2.75, 3.05) is 5.32 Å². The normalized spacial score (nSPS) is 16.9. The lowest BCUT2D eigenvalue weighted by molar-refractivity contribution is -0.192. The molecule has 3 aromatic carbocycles. The molecule has 0 saturated carbocycles. The summed E-state index contributed by atoms with van der Waals surface area (Å²) in [4.78, 5) is 32.7. The van der Waals surface area contributed by atoms with Crippen LogP contribution < -0.4 is 10.0 Å². The van der Waals surface area contributed by atoms with Crippen LogP contribution in [0.5, 0.6) is 0 Å². The first kappa shape index (κ1) is 32.7. The number of hydrogen-bond acceptors (Lipinski definition) is 8. The zero-order chi connectivity index (χ0) is 33.4. The smallest absolute Gasteiger partial charge is 0.475 e. The molecule has 1 saturated heterocycles. The summed E-state index contributed by atoms with van der Waals surface area (Å²) in [7, 11) is -3.76. The van der Waals surface area contributed by atoms with E-state index in [9.17, 15) is 39.6 Å². The molecule has 6 rings (SSSR count). The number of carboxylic acids is 1. The lowest BCUT2D eigenvalue weighted by Crippen LogP contribution is -2.21. The fourth-order valence-corrected chi connectivity index (χ4v) is 6.97. The number of aliphatic carboxylic acids is 1. The van der Waals surface area contributed by atoms with Crippen LogP contribution in [0.1, 0.15) is 40.2 Å². The van der Waals surface area contributed by atoms with Gasteiger partial charge in [0.1, 0.15) is 11.1 Å². The van der Waals surface area contributed by atoms with Gasteiger partial charge in [0.05, 0.1) is 39.3 Å². The topological polar surface area (TPSA) is 154 Å². The number of alkyl halides is 6. The minimum atomic E-state index is -5.08. The Kier molecular flexibility index (Phi) is 8.69. The number of aromatic nitrogens is 3. The number of anilines is 1. The number of hydrogen-bond donors (Lipinski definition) is 4. The lowest BCUT2D eigenvalue weighted by atomic mass is 10.0. The number of para-hydroxylation sites is 1. The van der Waals surface area contributed by atoms with Gasteiger partial charge in [-0.15, -0.1) is 0 Å².